The van der Waals surface area contributed by atoms with E-state index >= 15 is 0 Å². The van der Waals surface area contributed by atoms with Crippen LogP contribution in [0.25, 0.3) is 11.1 Å². The fourth-order valence-electron chi connectivity index (χ4n) is 2.07. The van der Waals surface area contributed by atoms with Gasteiger partial charge < -0.3 is 9.64 Å². The van der Waals surface area contributed by atoms with Gasteiger partial charge in [-0.2, -0.15) is 0 Å². The van der Waals surface area contributed by atoms with Crippen LogP contribution in [-0.4, -0.2) is 31.0 Å². The molecule has 0 saturated carbocycles. The number of carbonyl (C=O) groups is 1. The van der Waals surface area contributed by atoms with E-state index in [0.717, 1.165) is 11.1 Å². The van der Waals surface area contributed by atoms with Crippen LogP contribution >= 0.6 is 11.6 Å². The Morgan fingerprint density at radius 2 is 1.96 bits per heavy atom. The fraction of sp³-hybridized carbons (Fsp3) is 0.278. The van der Waals surface area contributed by atoms with Gasteiger partial charge in [-0.1, -0.05) is 17.7 Å². The zero-order valence-corrected chi connectivity index (χ0v) is 14.2. The van der Waals surface area contributed by atoms with Crippen LogP contribution in [-0.2, 0) is 4.79 Å². The molecule has 1 amide bonds. The largest absolute Gasteiger partial charge is 0.484 e. The first-order valence-corrected chi connectivity index (χ1v) is 7.72. The predicted octanol–water partition coefficient (Wildman–Crippen LogP) is 4.31. The molecule has 0 aliphatic carbocycles. The van der Waals surface area contributed by atoms with Crippen LogP contribution in [0.2, 0.25) is 5.02 Å². The molecule has 0 bridgehead atoms. The number of rotatable bonds is 5. The molecule has 0 unspecified atom stereocenters. The van der Waals surface area contributed by atoms with Crippen molar-refractivity contribution in [1.82, 2.24) is 4.90 Å². The number of hydrogen-bond donors (Lipinski definition) is 0. The zero-order chi connectivity index (χ0) is 17.0. The van der Waals surface area contributed by atoms with Gasteiger partial charge in [-0.25, -0.2) is 4.39 Å². The Balaban J connectivity index is 2.22. The van der Waals surface area contributed by atoms with Crippen molar-refractivity contribution in [3.05, 3.63) is 52.8 Å². The number of halogens is 2. The molecule has 122 valence electrons. The lowest BCUT2D eigenvalue weighted by Crippen LogP contribution is -2.31. The second kappa shape index (κ2) is 7.47. The first-order chi connectivity index (χ1) is 10.9. The Morgan fingerprint density at radius 3 is 2.61 bits per heavy atom. The molecule has 0 radical (unpaired) electrons. The minimum absolute atomic E-state index is 0.0490. The van der Waals surface area contributed by atoms with E-state index in [4.69, 9.17) is 16.3 Å². The van der Waals surface area contributed by atoms with E-state index in [-0.39, 0.29) is 18.3 Å². The van der Waals surface area contributed by atoms with Crippen molar-refractivity contribution in [2.75, 3.05) is 20.2 Å². The minimum atomic E-state index is -0.250. The first kappa shape index (κ1) is 17.3. The topological polar surface area (TPSA) is 29.5 Å². The number of aryl methyl sites for hydroxylation is 1. The van der Waals surface area contributed by atoms with Crippen LogP contribution in [0.1, 0.15) is 12.5 Å². The van der Waals surface area contributed by atoms with Crippen LogP contribution in [0.15, 0.2) is 36.4 Å². The van der Waals surface area contributed by atoms with Crippen molar-refractivity contribution in [3.63, 3.8) is 0 Å². The van der Waals surface area contributed by atoms with Gasteiger partial charge in [-0.3, -0.25) is 4.79 Å². The van der Waals surface area contributed by atoms with Gasteiger partial charge in [0.2, 0.25) is 0 Å². The molecule has 0 aromatic heterocycles. The molecule has 0 N–H and O–H groups in total. The van der Waals surface area contributed by atoms with Gasteiger partial charge in [0.15, 0.2) is 6.61 Å². The van der Waals surface area contributed by atoms with Crippen LogP contribution in [0.3, 0.4) is 0 Å². The van der Waals surface area contributed by atoms with Gasteiger partial charge in [-0.15, -0.1) is 0 Å². The molecule has 23 heavy (non-hydrogen) atoms. The minimum Gasteiger partial charge on any atom is -0.484 e. The summed E-state index contributed by atoms with van der Waals surface area (Å²) >= 11 is 6.13. The molecule has 0 heterocycles. The van der Waals surface area contributed by atoms with Gasteiger partial charge in [0.25, 0.3) is 5.91 Å². The third-order valence-electron chi connectivity index (χ3n) is 3.62. The number of benzene rings is 2. The number of carbonyl (C=O) groups excluding carboxylic acids is 1. The quantitative estimate of drug-likeness (QED) is 0.814. The Hall–Kier alpha value is -2.07. The Bertz CT molecular complexity index is 718. The molecule has 0 fully saturated rings. The summed E-state index contributed by atoms with van der Waals surface area (Å²) in [5.74, 6) is 0.152. The normalized spacial score (nSPS) is 10.5. The maximum Gasteiger partial charge on any atom is 0.260 e. The van der Waals surface area contributed by atoms with E-state index in [0.29, 0.717) is 22.9 Å². The zero-order valence-electron chi connectivity index (χ0n) is 13.4. The highest BCUT2D eigenvalue weighted by atomic mass is 35.5. The summed E-state index contributed by atoms with van der Waals surface area (Å²) in [7, 11) is 1.72. The number of amides is 1. The molecule has 0 saturated heterocycles. The van der Waals surface area contributed by atoms with Gasteiger partial charge in [-0.05, 0) is 60.9 Å². The molecule has 3 nitrogen and oxygen atoms in total. The summed E-state index contributed by atoms with van der Waals surface area (Å²) in [6.45, 7) is 4.18. The van der Waals surface area contributed by atoms with E-state index in [1.54, 1.807) is 49.2 Å². The number of hydrogen-bond acceptors (Lipinski definition) is 2. The highest BCUT2D eigenvalue weighted by molar-refractivity contribution is 6.31. The van der Waals surface area contributed by atoms with E-state index in [9.17, 15) is 9.18 Å². The fourth-order valence-corrected chi connectivity index (χ4v) is 2.29. The molecular weight excluding hydrogens is 317 g/mol. The van der Waals surface area contributed by atoms with E-state index in [1.807, 2.05) is 6.92 Å². The molecule has 2 aromatic rings. The van der Waals surface area contributed by atoms with Crippen molar-refractivity contribution >= 4 is 17.5 Å². The highest BCUT2D eigenvalue weighted by Crippen LogP contribution is 2.29. The maximum atomic E-state index is 13.4. The number of ether oxygens (including phenoxy) is 1. The summed E-state index contributed by atoms with van der Waals surface area (Å²) in [6.07, 6.45) is 0. The average Bonchev–Trinajstić information content (AvgIpc) is 2.53. The molecule has 2 rings (SSSR count). The number of nitrogens with zero attached hydrogens (tertiary/aromatic N) is 1. The molecule has 5 heteroatoms. The lowest BCUT2D eigenvalue weighted by atomic mass is 10.0. The molecule has 0 aliphatic rings. The molecule has 0 spiro atoms. The van der Waals surface area contributed by atoms with Gasteiger partial charge >= 0.3 is 0 Å². The van der Waals surface area contributed by atoms with E-state index < -0.39 is 0 Å². The van der Waals surface area contributed by atoms with Crippen LogP contribution in [0.5, 0.6) is 5.75 Å². The first-order valence-electron chi connectivity index (χ1n) is 7.34. The number of likely N-dealkylation sites (N-methyl/N-ethyl adjacent to an activating group) is 1. The Kier molecular flexibility index (Phi) is 5.61. The lowest BCUT2D eigenvalue weighted by molar-refractivity contribution is -0.131. The third kappa shape index (κ3) is 4.45. The second-order valence-electron chi connectivity index (χ2n) is 5.34. The Morgan fingerprint density at radius 1 is 1.22 bits per heavy atom. The van der Waals surface area contributed by atoms with Crippen LogP contribution in [0, 0.1) is 12.7 Å². The molecule has 0 aliphatic heterocycles. The molecular formula is C18H19ClFNO2. The predicted molar refractivity (Wildman–Crippen MR) is 90.4 cm³/mol. The third-order valence-corrected chi connectivity index (χ3v) is 3.84. The van der Waals surface area contributed by atoms with Crippen LogP contribution < -0.4 is 4.74 Å². The van der Waals surface area contributed by atoms with Crippen LogP contribution in [0.4, 0.5) is 4.39 Å². The highest BCUT2D eigenvalue weighted by Gasteiger charge is 2.09. The Labute approximate surface area is 140 Å². The second-order valence-corrected chi connectivity index (χ2v) is 5.77. The van der Waals surface area contributed by atoms with Crippen molar-refractivity contribution in [3.8, 4) is 16.9 Å². The van der Waals surface area contributed by atoms with Gasteiger partial charge in [0, 0.05) is 18.6 Å². The van der Waals surface area contributed by atoms with Gasteiger partial charge in [0.05, 0.1) is 0 Å². The summed E-state index contributed by atoms with van der Waals surface area (Å²) in [5.41, 5.74) is 2.21. The lowest BCUT2D eigenvalue weighted by Gasteiger charge is -2.15. The monoisotopic (exact) mass is 335 g/mol. The summed E-state index contributed by atoms with van der Waals surface area (Å²) < 4.78 is 18.9. The van der Waals surface area contributed by atoms with Gasteiger partial charge in [0.1, 0.15) is 11.6 Å². The standard InChI is InChI=1S/C18H19ClFNO2/c1-4-21(3)18(22)11-23-16-9-14(8-15(19)10-16)13-5-6-17(20)12(2)7-13/h5-10H,4,11H2,1-3H3. The maximum absolute atomic E-state index is 13.4. The summed E-state index contributed by atoms with van der Waals surface area (Å²) in [4.78, 5) is 13.4. The van der Waals surface area contributed by atoms with Crippen molar-refractivity contribution in [2.45, 2.75) is 13.8 Å². The van der Waals surface area contributed by atoms with E-state index in [2.05, 4.69) is 0 Å². The average molecular weight is 336 g/mol. The summed E-state index contributed by atoms with van der Waals surface area (Å²) in [6, 6.07) is 10.1. The van der Waals surface area contributed by atoms with Crippen molar-refractivity contribution in [2.24, 2.45) is 0 Å². The van der Waals surface area contributed by atoms with E-state index in [1.165, 1.54) is 6.07 Å². The van der Waals surface area contributed by atoms with Crippen molar-refractivity contribution < 1.29 is 13.9 Å². The SMILES string of the molecule is CCN(C)C(=O)COc1cc(Cl)cc(-c2ccc(F)c(C)c2)c1. The smallest absolute Gasteiger partial charge is 0.260 e. The molecule has 0 atom stereocenters. The molecule has 2 aromatic carbocycles. The summed E-state index contributed by atoms with van der Waals surface area (Å²) in [5, 5.41) is 0.496. The van der Waals surface area contributed by atoms with Crippen molar-refractivity contribution in [1.29, 1.82) is 0 Å².